The van der Waals surface area contributed by atoms with E-state index in [1.165, 1.54) is 4.90 Å². The Morgan fingerprint density at radius 2 is 1.86 bits per heavy atom. The molecule has 0 rings (SSSR count). The lowest BCUT2D eigenvalue weighted by Crippen LogP contribution is -3.09. The van der Waals surface area contributed by atoms with Crippen LogP contribution in [0.25, 0.3) is 0 Å². The van der Waals surface area contributed by atoms with E-state index in [0.717, 1.165) is 0 Å². The van der Waals surface area contributed by atoms with Crippen LogP contribution in [0.15, 0.2) is 0 Å². The molecule has 0 aliphatic heterocycles. The molecule has 0 aromatic rings. The average molecular weight is 104 g/mol. The van der Waals surface area contributed by atoms with Gasteiger partial charge in [-0.2, -0.15) is 0 Å². The van der Waals surface area contributed by atoms with Crippen molar-refractivity contribution in [2.45, 2.75) is 13.2 Å². The van der Waals surface area contributed by atoms with Crippen LogP contribution >= 0.6 is 0 Å². The van der Waals surface area contributed by atoms with Crippen molar-refractivity contribution in [1.82, 2.24) is 0 Å². The summed E-state index contributed by atoms with van der Waals surface area (Å²) in [4.78, 5) is 1.32. The molecule has 1 N–H and O–H groups in total. The summed E-state index contributed by atoms with van der Waals surface area (Å²) in [6.45, 7) is 2.04. The highest BCUT2D eigenvalue weighted by molar-refractivity contribution is 4.14. The molecule has 2 heteroatoms. The summed E-state index contributed by atoms with van der Waals surface area (Å²) in [5, 5.41) is 0. The van der Waals surface area contributed by atoms with Gasteiger partial charge in [0.1, 0.15) is 0 Å². The predicted octanol–water partition coefficient (Wildman–Crippen LogP) is -0.877. The van der Waals surface area contributed by atoms with E-state index in [0.29, 0.717) is 6.23 Å². The summed E-state index contributed by atoms with van der Waals surface area (Å²) in [5.41, 5.74) is 0. The standard InChI is InChI=1S/C5H13NO/c1-5(7-4)6(2)3/h5H,1-4H3/p+1. The SMILES string of the molecule is COC(C)[NH+](C)C. The maximum absolute atomic E-state index is 4.97. The fourth-order valence-electron chi connectivity index (χ4n) is 0.236. The van der Waals surface area contributed by atoms with E-state index < -0.39 is 0 Å². The number of nitrogens with one attached hydrogen (secondary N) is 1. The summed E-state index contributed by atoms with van der Waals surface area (Å²) in [6, 6.07) is 0. The molecule has 0 aromatic carbocycles. The molecule has 0 saturated heterocycles. The lowest BCUT2D eigenvalue weighted by Gasteiger charge is -2.13. The van der Waals surface area contributed by atoms with E-state index in [1.54, 1.807) is 7.11 Å². The number of hydrogen-bond acceptors (Lipinski definition) is 1. The van der Waals surface area contributed by atoms with Gasteiger partial charge in [-0.05, 0) is 0 Å². The molecular weight excluding hydrogens is 90.1 g/mol. The first-order valence-electron chi connectivity index (χ1n) is 2.51. The Kier molecular flexibility index (Phi) is 2.96. The maximum Gasteiger partial charge on any atom is 0.188 e. The molecule has 2 nitrogen and oxygen atoms in total. The smallest absolute Gasteiger partial charge is 0.188 e. The van der Waals surface area contributed by atoms with Crippen molar-refractivity contribution >= 4 is 0 Å². The van der Waals surface area contributed by atoms with E-state index in [9.17, 15) is 0 Å². The van der Waals surface area contributed by atoms with Crippen LogP contribution in [0, 0.1) is 0 Å². The van der Waals surface area contributed by atoms with Gasteiger partial charge >= 0.3 is 0 Å². The monoisotopic (exact) mass is 104 g/mol. The average Bonchev–Trinajstić information content (AvgIpc) is 1.65. The first-order valence-corrected chi connectivity index (χ1v) is 2.51. The Hall–Kier alpha value is -0.0800. The molecule has 0 fully saturated rings. The zero-order valence-electron chi connectivity index (χ0n) is 5.49. The van der Waals surface area contributed by atoms with Gasteiger partial charge in [0.25, 0.3) is 0 Å². The van der Waals surface area contributed by atoms with Crippen molar-refractivity contribution in [3.05, 3.63) is 0 Å². The van der Waals surface area contributed by atoms with Gasteiger partial charge in [-0.3, -0.25) is 0 Å². The summed E-state index contributed by atoms with van der Waals surface area (Å²) >= 11 is 0. The van der Waals surface area contributed by atoms with Gasteiger partial charge in [0.15, 0.2) is 6.23 Å². The van der Waals surface area contributed by atoms with E-state index in [4.69, 9.17) is 4.74 Å². The lowest BCUT2D eigenvalue weighted by molar-refractivity contribution is -0.907. The van der Waals surface area contributed by atoms with Crippen molar-refractivity contribution in [1.29, 1.82) is 0 Å². The summed E-state index contributed by atoms with van der Waals surface area (Å²) in [7, 11) is 5.85. The second-order valence-corrected chi connectivity index (χ2v) is 1.96. The quantitative estimate of drug-likeness (QED) is 0.449. The first kappa shape index (κ1) is 6.92. The number of quaternary nitrogens is 1. The molecule has 0 spiro atoms. The largest absolute Gasteiger partial charge is 0.333 e. The second-order valence-electron chi connectivity index (χ2n) is 1.96. The maximum atomic E-state index is 4.97. The van der Waals surface area contributed by atoms with Crippen LogP contribution in [0.5, 0.6) is 0 Å². The van der Waals surface area contributed by atoms with E-state index in [1.807, 2.05) is 6.92 Å². The van der Waals surface area contributed by atoms with E-state index >= 15 is 0 Å². The Morgan fingerprint density at radius 1 is 1.43 bits per heavy atom. The molecule has 0 aliphatic carbocycles. The molecule has 0 radical (unpaired) electrons. The van der Waals surface area contributed by atoms with Crippen LogP contribution in [0.4, 0.5) is 0 Å². The number of hydrogen-bond donors (Lipinski definition) is 1. The third kappa shape index (κ3) is 2.60. The third-order valence-electron chi connectivity index (χ3n) is 1.17. The molecule has 0 bridgehead atoms. The van der Waals surface area contributed by atoms with Crippen molar-refractivity contribution in [3.63, 3.8) is 0 Å². The fourth-order valence-corrected chi connectivity index (χ4v) is 0.236. The molecule has 44 valence electrons. The summed E-state index contributed by atoms with van der Waals surface area (Å²) in [6.07, 6.45) is 0.319. The highest BCUT2D eigenvalue weighted by atomic mass is 16.5. The van der Waals surface area contributed by atoms with Crippen molar-refractivity contribution in [3.8, 4) is 0 Å². The van der Waals surface area contributed by atoms with Gasteiger partial charge in [0.2, 0.25) is 0 Å². The predicted molar refractivity (Wildman–Crippen MR) is 29.3 cm³/mol. The van der Waals surface area contributed by atoms with Gasteiger partial charge in [-0.25, -0.2) is 0 Å². The van der Waals surface area contributed by atoms with Crippen LogP contribution < -0.4 is 4.90 Å². The molecule has 7 heavy (non-hydrogen) atoms. The minimum absolute atomic E-state index is 0.319. The van der Waals surface area contributed by atoms with Gasteiger partial charge in [0, 0.05) is 14.0 Å². The fraction of sp³-hybridized carbons (Fsp3) is 1.00. The molecule has 1 atom stereocenters. The summed E-state index contributed by atoms with van der Waals surface area (Å²) in [5.74, 6) is 0. The van der Waals surface area contributed by atoms with Gasteiger partial charge in [-0.1, -0.05) is 0 Å². The molecule has 0 amide bonds. The van der Waals surface area contributed by atoms with Crippen LogP contribution in [0.2, 0.25) is 0 Å². The highest BCUT2D eigenvalue weighted by Crippen LogP contribution is 1.67. The minimum Gasteiger partial charge on any atom is -0.333 e. The van der Waals surface area contributed by atoms with Crippen LogP contribution in [-0.4, -0.2) is 27.4 Å². The number of ether oxygens (including phenoxy) is 1. The van der Waals surface area contributed by atoms with E-state index in [-0.39, 0.29) is 0 Å². The zero-order valence-corrected chi connectivity index (χ0v) is 5.49. The van der Waals surface area contributed by atoms with Gasteiger partial charge < -0.3 is 9.64 Å². The Bertz CT molecular complexity index is 45.3. The molecule has 0 aliphatic rings. The van der Waals surface area contributed by atoms with Crippen LogP contribution in [-0.2, 0) is 4.74 Å². The second kappa shape index (κ2) is 2.99. The van der Waals surface area contributed by atoms with Gasteiger partial charge in [-0.15, -0.1) is 0 Å². The van der Waals surface area contributed by atoms with Crippen molar-refractivity contribution < 1.29 is 9.64 Å². The van der Waals surface area contributed by atoms with Crippen molar-refractivity contribution in [2.75, 3.05) is 21.2 Å². The van der Waals surface area contributed by atoms with Gasteiger partial charge in [0.05, 0.1) is 14.1 Å². The molecular formula is C5H14NO+. The van der Waals surface area contributed by atoms with Crippen LogP contribution in [0.1, 0.15) is 6.92 Å². The number of methoxy groups -OCH3 is 1. The minimum atomic E-state index is 0.319. The topological polar surface area (TPSA) is 13.7 Å². The normalized spacial score (nSPS) is 15.0. The third-order valence-corrected chi connectivity index (χ3v) is 1.17. The Labute approximate surface area is 45.1 Å². The molecule has 1 unspecified atom stereocenters. The zero-order chi connectivity index (χ0) is 5.86. The highest BCUT2D eigenvalue weighted by Gasteiger charge is 2.01. The lowest BCUT2D eigenvalue weighted by atomic mass is 10.6. The Morgan fingerprint density at radius 3 is 1.86 bits per heavy atom. The summed E-state index contributed by atoms with van der Waals surface area (Å²) < 4.78 is 4.97. The molecule has 0 aromatic heterocycles. The Balaban J connectivity index is 3.14. The molecule has 0 saturated carbocycles. The van der Waals surface area contributed by atoms with Crippen LogP contribution in [0.3, 0.4) is 0 Å². The first-order chi connectivity index (χ1) is 3.18. The van der Waals surface area contributed by atoms with E-state index in [2.05, 4.69) is 14.1 Å². The number of rotatable bonds is 2. The molecule has 0 heterocycles. The van der Waals surface area contributed by atoms with Crippen molar-refractivity contribution in [2.24, 2.45) is 0 Å².